The summed E-state index contributed by atoms with van der Waals surface area (Å²) in [5.74, 6) is -0.495. The molecule has 0 saturated carbocycles. The van der Waals surface area contributed by atoms with Crippen molar-refractivity contribution in [3.63, 3.8) is 0 Å². The largest absolute Gasteiger partial charge is 0.376 e. The van der Waals surface area contributed by atoms with Crippen LogP contribution in [-0.4, -0.2) is 22.5 Å². The molecule has 0 aliphatic carbocycles. The lowest BCUT2D eigenvalue weighted by molar-refractivity contribution is 0.600. The van der Waals surface area contributed by atoms with Crippen molar-refractivity contribution < 1.29 is 12.8 Å². The molecule has 2 aromatic carbocycles. The number of sulfonamides is 1. The summed E-state index contributed by atoms with van der Waals surface area (Å²) in [5, 5.41) is 0. The van der Waals surface area contributed by atoms with Crippen LogP contribution < -0.4 is 9.62 Å². The molecule has 0 aliphatic rings. The van der Waals surface area contributed by atoms with Gasteiger partial charge in [-0.15, -0.1) is 0 Å². The minimum atomic E-state index is -3.81. The molecular weight excluding hydrogens is 315 g/mol. The summed E-state index contributed by atoms with van der Waals surface area (Å²) >= 11 is 0. The Balaban J connectivity index is 2.54. The van der Waals surface area contributed by atoms with Crippen LogP contribution in [0.25, 0.3) is 0 Å². The Labute approximate surface area is 137 Å². The molecular formula is C17H21FN2O2S. The van der Waals surface area contributed by atoms with E-state index in [9.17, 15) is 12.8 Å². The molecule has 1 N–H and O–H groups in total. The van der Waals surface area contributed by atoms with Gasteiger partial charge in [0.05, 0.1) is 16.3 Å². The molecule has 4 nitrogen and oxygen atoms in total. The molecule has 6 heteroatoms. The Morgan fingerprint density at radius 2 is 1.57 bits per heavy atom. The number of hydrogen-bond donors (Lipinski definition) is 1. The summed E-state index contributed by atoms with van der Waals surface area (Å²) in [6.07, 6.45) is 0. The van der Waals surface area contributed by atoms with Crippen LogP contribution in [0.3, 0.4) is 0 Å². The second-order valence-electron chi connectivity index (χ2n) is 5.89. The Morgan fingerprint density at radius 1 is 1.00 bits per heavy atom. The molecule has 2 rings (SSSR count). The molecule has 0 heterocycles. The summed E-state index contributed by atoms with van der Waals surface area (Å²) in [7, 11) is -0.265. The van der Waals surface area contributed by atoms with Gasteiger partial charge in [-0.05, 0) is 44.0 Å². The maximum Gasteiger partial charge on any atom is 0.262 e. The summed E-state index contributed by atoms with van der Waals surface area (Å²) < 4.78 is 41.6. The van der Waals surface area contributed by atoms with Crippen LogP contribution in [0, 0.1) is 26.6 Å². The summed E-state index contributed by atoms with van der Waals surface area (Å²) in [5.41, 5.74) is 3.14. The smallest absolute Gasteiger partial charge is 0.262 e. The average molecular weight is 336 g/mol. The maximum atomic E-state index is 13.5. The van der Waals surface area contributed by atoms with Crippen molar-refractivity contribution in [2.24, 2.45) is 0 Å². The van der Waals surface area contributed by atoms with Crippen molar-refractivity contribution in [3.8, 4) is 0 Å². The molecule has 2 aromatic rings. The van der Waals surface area contributed by atoms with Crippen molar-refractivity contribution in [1.29, 1.82) is 0 Å². The predicted molar refractivity (Wildman–Crippen MR) is 92.2 cm³/mol. The monoisotopic (exact) mass is 336 g/mol. The van der Waals surface area contributed by atoms with E-state index in [2.05, 4.69) is 4.72 Å². The number of anilines is 2. The minimum Gasteiger partial charge on any atom is -0.376 e. The molecule has 23 heavy (non-hydrogen) atoms. The lowest BCUT2D eigenvalue weighted by Crippen LogP contribution is -2.19. The summed E-state index contributed by atoms with van der Waals surface area (Å²) in [6, 6.07) is 7.67. The Bertz CT molecular complexity index is 823. The normalized spacial score (nSPS) is 11.4. The molecule has 0 saturated heterocycles. The van der Waals surface area contributed by atoms with Crippen molar-refractivity contribution >= 4 is 21.4 Å². The number of nitrogens with zero attached hydrogens (tertiary/aromatic N) is 1. The highest BCUT2D eigenvalue weighted by Crippen LogP contribution is 2.30. The van der Waals surface area contributed by atoms with Crippen LogP contribution in [0.1, 0.15) is 16.7 Å². The van der Waals surface area contributed by atoms with Crippen molar-refractivity contribution in [2.75, 3.05) is 23.7 Å². The molecule has 0 unspecified atom stereocenters. The fraction of sp³-hybridized carbons (Fsp3) is 0.294. The van der Waals surface area contributed by atoms with E-state index in [-0.39, 0.29) is 10.6 Å². The van der Waals surface area contributed by atoms with E-state index in [1.54, 1.807) is 38.9 Å². The van der Waals surface area contributed by atoms with Gasteiger partial charge in [0.2, 0.25) is 0 Å². The highest BCUT2D eigenvalue weighted by Gasteiger charge is 2.21. The zero-order valence-electron chi connectivity index (χ0n) is 13.9. The van der Waals surface area contributed by atoms with Gasteiger partial charge in [0.25, 0.3) is 10.0 Å². The van der Waals surface area contributed by atoms with Crippen LogP contribution in [0.5, 0.6) is 0 Å². The van der Waals surface area contributed by atoms with E-state index in [1.807, 2.05) is 19.1 Å². The lowest BCUT2D eigenvalue weighted by atomic mass is 10.1. The topological polar surface area (TPSA) is 49.4 Å². The van der Waals surface area contributed by atoms with Gasteiger partial charge in [-0.2, -0.15) is 0 Å². The van der Waals surface area contributed by atoms with Gasteiger partial charge in [0.1, 0.15) is 5.82 Å². The molecule has 0 atom stereocenters. The van der Waals surface area contributed by atoms with Gasteiger partial charge in [0.15, 0.2) is 0 Å². The van der Waals surface area contributed by atoms with Gasteiger partial charge >= 0.3 is 0 Å². The first-order chi connectivity index (χ1) is 10.6. The predicted octanol–water partition coefficient (Wildman–Crippen LogP) is 3.62. The van der Waals surface area contributed by atoms with Crippen LogP contribution in [0.4, 0.5) is 15.8 Å². The molecule has 0 spiro atoms. The molecule has 0 radical (unpaired) electrons. The van der Waals surface area contributed by atoms with E-state index in [0.717, 1.165) is 5.56 Å². The van der Waals surface area contributed by atoms with Gasteiger partial charge in [-0.3, -0.25) is 4.72 Å². The molecule has 0 bridgehead atoms. The van der Waals surface area contributed by atoms with Crippen molar-refractivity contribution in [1.82, 2.24) is 0 Å². The fourth-order valence-electron chi connectivity index (χ4n) is 2.77. The zero-order valence-corrected chi connectivity index (χ0v) is 14.8. The van der Waals surface area contributed by atoms with E-state index in [0.29, 0.717) is 16.8 Å². The molecule has 0 aliphatic heterocycles. The summed E-state index contributed by atoms with van der Waals surface area (Å²) in [4.78, 5) is 1.96. The SMILES string of the molecule is Cc1cc(C)c(S(=O)(=O)Nc2cc(F)ccc2N(C)C)c(C)c1. The third kappa shape index (κ3) is 3.64. The van der Waals surface area contributed by atoms with Gasteiger partial charge in [-0.1, -0.05) is 17.7 Å². The Kier molecular flexibility index (Phi) is 4.66. The molecule has 124 valence electrons. The second-order valence-corrected chi connectivity index (χ2v) is 7.51. The Morgan fingerprint density at radius 3 is 2.09 bits per heavy atom. The number of halogens is 1. The van der Waals surface area contributed by atoms with Crippen molar-refractivity contribution in [2.45, 2.75) is 25.7 Å². The van der Waals surface area contributed by atoms with Crippen LogP contribution in [0.2, 0.25) is 0 Å². The highest BCUT2D eigenvalue weighted by atomic mass is 32.2. The van der Waals surface area contributed by atoms with Crippen LogP contribution in [-0.2, 0) is 10.0 Å². The van der Waals surface area contributed by atoms with Crippen LogP contribution in [0.15, 0.2) is 35.2 Å². The van der Waals surface area contributed by atoms with Crippen molar-refractivity contribution in [3.05, 3.63) is 52.8 Å². The quantitative estimate of drug-likeness (QED) is 0.928. The fourth-order valence-corrected chi connectivity index (χ4v) is 4.29. The van der Waals surface area contributed by atoms with E-state index in [1.165, 1.54) is 12.1 Å². The Hall–Kier alpha value is -2.08. The average Bonchev–Trinajstić information content (AvgIpc) is 2.35. The van der Waals surface area contributed by atoms with E-state index >= 15 is 0 Å². The van der Waals surface area contributed by atoms with Gasteiger partial charge in [0, 0.05) is 20.2 Å². The summed E-state index contributed by atoms with van der Waals surface area (Å²) in [6.45, 7) is 5.43. The highest BCUT2D eigenvalue weighted by molar-refractivity contribution is 7.92. The van der Waals surface area contributed by atoms with Gasteiger partial charge in [-0.25, -0.2) is 12.8 Å². The van der Waals surface area contributed by atoms with Gasteiger partial charge < -0.3 is 4.90 Å². The first-order valence-corrected chi connectivity index (χ1v) is 8.67. The zero-order chi connectivity index (χ0) is 17.4. The molecule has 0 aromatic heterocycles. The lowest BCUT2D eigenvalue weighted by Gasteiger charge is -2.20. The molecule has 0 amide bonds. The number of nitrogens with one attached hydrogen (secondary N) is 1. The number of hydrogen-bond acceptors (Lipinski definition) is 3. The number of rotatable bonds is 4. The van der Waals surface area contributed by atoms with E-state index < -0.39 is 15.8 Å². The first-order valence-electron chi connectivity index (χ1n) is 7.19. The number of aryl methyl sites for hydroxylation is 3. The first kappa shape index (κ1) is 17.3. The third-order valence-corrected chi connectivity index (χ3v) is 5.23. The molecule has 0 fully saturated rings. The standard InChI is InChI=1S/C17H21FN2O2S/c1-11-8-12(2)17(13(3)9-11)23(21,22)19-15-10-14(18)6-7-16(15)20(4)5/h6-10,19H,1-5H3. The van der Waals surface area contributed by atoms with Crippen LogP contribution >= 0.6 is 0 Å². The second kappa shape index (κ2) is 6.20. The third-order valence-electron chi connectivity index (χ3n) is 3.56. The minimum absolute atomic E-state index is 0.217. The maximum absolute atomic E-state index is 13.5. The van der Waals surface area contributed by atoms with E-state index in [4.69, 9.17) is 0 Å². The number of benzene rings is 2.